The fourth-order valence-corrected chi connectivity index (χ4v) is 5.63. The highest BCUT2D eigenvalue weighted by molar-refractivity contribution is 7.98. The number of esters is 1. The Morgan fingerprint density at radius 1 is 1.05 bits per heavy atom. The third kappa shape index (κ3) is 7.10. The number of fused-ring (bicyclic) bond motifs is 1. The van der Waals surface area contributed by atoms with Gasteiger partial charge in [-0.05, 0) is 66.6 Å². The van der Waals surface area contributed by atoms with E-state index in [0.717, 1.165) is 11.1 Å². The van der Waals surface area contributed by atoms with E-state index in [4.69, 9.17) is 14.6 Å². The van der Waals surface area contributed by atoms with Crippen LogP contribution in [0.15, 0.2) is 89.2 Å². The van der Waals surface area contributed by atoms with Crippen molar-refractivity contribution in [3.8, 4) is 5.75 Å². The fraction of sp³-hybridized carbons (Fsp3) is 0.324. The van der Waals surface area contributed by atoms with Gasteiger partial charge in [-0.3, -0.25) is 0 Å². The Labute approximate surface area is 256 Å². The van der Waals surface area contributed by atoms with Crippen LogP contribution in [-0.4, -0.2) is 26.8 Å². The summed E-state index contributed by atoms with van der Waals surface area (Å²) in [7, 11) is 0. The molecule has 0 aliphatic carbocycles. The smallest absolute Gasteiger partial charge is 0.338 e. The zero-order valence-corrected chi connectivity index (χ0v) is 26.2. The first-order valence-corrected chi connectivity index (χ1v) is 15.3. The summed E-state index contributed by atoms with van der Waals surface area (Å²) in [4.78, 5) is 18.0. The molecule has 0 fully saturated rings. The van der Waals surface area contributed by atoms with Crippen LogP contribution >= 0.6 is 11.8 Å². The van der Waals surface area contributed by atoms with Gasteiger partial charge in [-0.25, -0.2) is 13.9 Å². The number of nitrogens with zero attached hydrogens (tertiary/aromatic N) is 3. The number of rotatable bonds is 9. The number of hydrogen-bond donors (Lipinski definition) is 1. The topological polar surface area (TPSA) is 78.3 Å². The van der Waals surface area contributed by atoms with Crippen molar-refractivity contribution < 1.29 is 18.7 Å². The van der Waals surface area contributed by atoms with Gasteiger partial charge in [0.05, 0.1) is 11.7 Å². The molecule has 1 aliphatic heterocycles. The van der Waals surface area contributed by atoms with Crippen LogP contribution in [0.2, 0.25) is 0 Å². The van der Waals surface area contributed by atoms with Gasteiger partial charge in [0.1, 0.15) is 24.2 Å². The Hall–Kier alpha value is -4.11. The number of carbonyl (C=O) groups excluding carboxylic acids is 1. The number of benzene rings is 3. The minimum atomic E-state index is -0.572. The van der Waals surface area contributed by atoms with E-state index in [2.05, 4.69) is 55.3 Å². The quantitative estimate of drug-likeness (QED) is 0.155. The standard InChI is InChI=1S/C34H37FN4O3S/c1-21(2)42-31(40)29-22(3)36-32-37-33(43-20-25-9-7-8-10-28(25)35)38-39(32)30(29)24-13-17-27(18-14-24)41-19-23-11-15-26(16-12-23)34(4,5)6/h7-18,21,30H,19-20H2,1-6H3,(H,36,37,38). The third-order valence-corrected chi connectivity index (χ3v) is 8.02. The first kappa shape index (κ1) is 30.4. The molecule has 2 heterocycles. The van der Waals surface area contributed by atoms with Crippen molar-refractivity contribution in [2.45, 2.75) is 76.6 Å². The van der Waals surface area contributed by atoms with Gasteiger partial charge < -0.3 is 14.8 Å². The number of hydrogen-bond acceptors (Lipinski definition) is 7. The van der Waals surface area contributed by atoms with Crippen molar-refractivity contribution in [3.63, 3.8) is 0 Å². The molecule has 1 atom stereocenters. The molecule has 7 nitrogen and oxygen atoms in total. The Kier molecular flexibility index (Phi) is 8.92. The lowest BCUT2D eigenvalue weighted by Crippen LogP contribution is -2.30. The molecule has 0 bridgehead atoms. The van der Waals surface area contributed by atoms with E-state index in [1.807, 2.05) is 45.0 Å². The summed E-state index contributed by atoms with van der Waals surface area (Å²) in [6, 6.07) is 22.2. The lowest BCUT2D eigenvalue weighted by Gasteiger charge is -2.28. The second-order valence-electron chi connectivity index (χ2n) is 11.9. The predicted molar refractivity (Wildman–Crippen MR) is 168 cm³/mol. The Morgan fingerprint density at radius 2 is 1.74 bits per heavy atom. The zero-order valence-electron chi connectivity index (χ0n) is 25.3. The maximum atomic E-state index is 14.2. The second-order valence-corrected chi connectivity index (χ2v) is 12.8. The van der Waals surface area contributed by atoms with Crippen LogP contribution in [0.3, 0.4) is 0 Å². The van der Waals surface area contributed by atoms with Crippen LogP contribution in [0.25, 0.3) is 0 Å². The molecule has 224 valence electrons. The third-order valence-electron chi connectivity index (χ3n) is 7.13. The Bertz CT molecular complexity index is 1620. The molecule has 1 unspecified atom stereocenters. The summed E-state index contributed by atoms with van der Waals surface area (Å²) in [6.07, 6.45) is -0.286. The minimum absolute atomic E-state index is 0.0975. The van der Waals surface area contributed by atoms with Gasteiger partial charge in [-0.2, -0.15) is 4.98 Å². The largest absolute Gasteiger partial charge is 0.489 e. The highest BCUT2D eigenvalue weighted by Gasteiger charge is 2.35. The van der Waals surface area contributed by atoms with E-state index in [1.54, 1.807) is 22.9 Å². The number of anilines is 1. The van der Waals surface area contributed by atoms with E-state index >= 15 is 0 Å². The van der Waals surface area contributed by atoms with E-state index in [1.165, 1.54) is 23.4 Å². The predicted octanol–water partition coefficient (Wildman–Crippen LogP) is 7.83. The summed E-state index contributed by atoms with van der Waals surface area (Å²) < 4.78 is 27.6. The molecule has 0 amide bonds. The molecule has 0 saturated heterocycles. The first-order valence-electron chi connectivity index (χ1n) is 14.3. The van der Waals surface area contributed by atoms with Gasteiger partial charge in [-0.15, -0.1) is 5.10 Å². The molecule has 0 spiro atoms. The summed E-state index contributed by atoms with van der Waals surface area (Å²) in [6.45, 7) is 12.5. The van der Waals surface area contributed by atoms with Crippen molar-refractivity contribution >= 4 is 23.7 Å². The van der Waals surface area contributed by atoms with E-state index in [9.17, 15) is 9.18 Å². The normalized spacial score (nSPS) is 14.8. The number of ether oxygens (including phenoxy) is 2. The van der Waals surface area contributed by atoms with Gasteiger partial charge >= 0.3 is 5.97 Å². The van der Waals surface area contributed by atoms with E-state index in [-0.39, 0.29) is 17.3 Å². The average molecular weight is 601 g/mol. The summed E-state index contributed by atoms with van der Waals surface area (Å²) in [5.41, 5.74) is 4.94. The van der Waals surface area contributed by atoms with Crippen LogP contribution in [0, 0.1) is 5.82 Å². The van der Waals surface area contributed by atoms with Crippen molar-refractivity contribution in [1.29, 1.82) is 0 Å². The number of aromatic nitrogens is 3. The molecule has 9 heteroatoms. The molecule has 1 N–H and O–H groups in total. The lowest BCUT2D eigenvalue weighted by atomic mass is 9.87. The number of nitrogens with one attached hydrogen (secondary N) is 1. The maximum absolute atomic E-state index is 14.2. The van der Waals surface area contributed by atoms with E-state index < -0.39 is 12.0 Å². The molecule has 0 radical (unpaired) electrons. The van der Waals surface area contributed by atoms with Crippen LogP contribution in [0.1, 0.15) is 69.8 Å². The van der Waals surface area contributed by atoms with Gasteiger partial charge in [-0.1, -0.05) is 87.1 Å². The zero-order chi connectivity index (χ0) is 30.7. The van der Waals surface area contributed by atoms with Crippen LogP contribution in [0.5, 0.6) is 5.75 Å². The van der Waals surface area contributed by atoms with Crippen molar-refractivity contribution in [2.75, 3.05) is 5.32 Å². The lowest BCUT2D eigenvalue weighted by molar-refractivity contribution is -0.143. The number of carbonyl (C=O) groups is 1. The molecule has 43 heavy (non-hydrogen) atoms. The monoisotopic (exact) mass is 600 g/mol. The highest BCUT2D eigenvalue weighted by atomic mass is 32.2. The van der Waals surface area contributed by atoms with Crippen LogP contribution < -0.4 is 10.1 Å². The van der Waals surface area contributed by atoms with Gasteiger partial charge in [0, 0.05) is 11.4 Å². The van der Waals surface area contributed by atoms with Crippen molar-refractivity contribution in [2.24, 2.45) is 0 Å². The molecule has 1 aliphatic rings. The summed E-state index contributed by atoms with van der Waals surface area (Å²) >= 11 is 1.33. The van der Waals surface area contributed by atoms with Crippen LogP contribution in [0.4, 0.5) is 10.3 Å². The number of allylic oxidation sites excluding steroid dienone is 1. The Balaban J connectivity index is 1.38. The number of halogens is 1. The molecular formula is C34H37FN4O3S. The van der Waals surface area contributed by atoms with Gasteiger partial charge in [0.2, 0.25) is 11.1 Å². The van der Waals surface area contributed by atoms with Gasteiger partial charge in [0.25, 0.3) is 0 Å². The maximum Gasteiger partial charge on any atom is 0.338 e. The summed E-state index contributed by atoms with van der Waals surface area (Å²) in [5.74, 6) is 0.893. The van der Waals surface area contributed by atoms with E-state index in [0.29, 0.717) is 46.0 Å². The minimum Gasteiger partial charge on any atom is -0.489 e. The summed E-state index contributed by atoms with van der Waals surface area (Å²) in [5, 5.41) is 8.42. The van der Waals surface area contributed by atoms with Crippen molar-refractivity contribution in [1.82, 2.24) is 14.8 Å². The Morgan fingerprint density at radius 3 is 2.40 bits per heavy atom. The molecular weight excluding hydrogens is 563 g/mol. The molecule has 3 aromatic carbocycles. The highest BCUT2D eigenvalue weighted by Crippen LogP contribution is 2.38. The molecule has 5 rings (SSSR count). The number of thioether (sulfide) groups is 1. The average Bonchev–Trinajstić information content (AvgIpc) is 3.37. The second kappa shape index (κ2) is 12.6. The van der Waals surface area contributed by atoms with Crippen molar-refractivity contribution in [3.05, 3.63) is 112 Å². The van der Waals surface area contributed by atoms with Crippen LogP contribution in [-0.2, 0) is 27.3 Å². The first-order chi connectivity index (χ1) is 20.5. The SMILES string of the molecule is CC1=C(C(=O)OC(C)C)C(c2ccc(OCc3ccc(C(C)(C)C)cc3)cc2)n2nc(SCc3ccccc3F)nc2N1. The molecule has 1 aromatic heterocycles. The molecule has 4 aromatic rings. The van der Waals surface area contributed by atoms with Gasteiger partial charge in [0.15, 0.2) is 0 Å². The molecule has 0 saturated carbocycles. The fourth-order valence-electron chi connectivity index (χ4n) is 4.81.